The van der Waals surface area contributed by atoms with E-state index in [2.05, 4.69) is 23.2 Å². The summed E-state index contributed by atoms with van der Waals surface area (Å²) >= 11 is 0. The van der Waals surface area contributed by atoms with Crippen LogP contribution in [0.2, 0.25) is 0 Å². The summed E-state index contributed by atoms with van der Waals surface area (Å²) in [6, 6.07) is 20.0. The van der Waals surface area contributed by atoms with Crippen LogP contribution in [0.25, 0.3) is 22.2 Å². The Morgan fingerprint density at radius 2 is 1.77 bits per heavy atom. The van der Waals surface area contributed by atoms with Crippen LogP contribution < -0.4 is 5.43 Å². The maximum absolute atomic E-state index is 12.9. The molecule has 2 aromatic carbocycles. The largest absolute Gasteiger partial charge is 0.477 e. The molecule has 0 fully saturated rings. The van der Waals surface area contributed by atoms with Crippen molar-refractivity contribution in [3.63, 3.8) is 0 Å². The molecule has 1 N–H and O–H groups in total. The Balaban J connectivity index is 2.01. The average Bonchev–Trinajstić information content (AvgIpc) is 2.76. The average molecular weight is 398 g/mol. The van der Waals surface area contributed by atoms with Crippen LogP contribution in [0.5, 0.6) is 0 Å². The molecule has 4 rings (SSSR count). The third kappa shape index (κ3) is 3.39. The molecule has 30 heavy (non-hydrogen) atoms. The molecule has 0 bridgehead atoms. The van der Waals surface area contributed by atoms with Crippen LogP contribution in [-0.4, -0.2) is 20.6 Å². The molecular weight excluding hydrogens is 376 g/mol. The molecule has 0 saturated heterocycles. The minimum atomic E-state index is -1.22. The van der Waals surface area contributed by atoms with Crippen LogP contribution in [0.4, 0.5) is 0 Å². The molecular formula is C25H22N2O3. The summed E-state index contributed by atoms with van der Waals surface area (Å²) in [5, 5.41) is 9.77. The van der Waals surface area contributed by atoms with Gasteiger partial charge >= 0.3 is 5.97 Å². The van der Waals surface area contributed by atoms with Crippen LogP contribution in [0.1, 0.15) is 34.1 Å². The van der Waals surface area contributed by atoms with Gasteiger partial charge in [0.1, 0.15) is 11.1 Å². The topological polar surface area (TPSA) is 72.2 Å². The van der Waals surface area contributed by atoms with Gasteiger partial charge in [-0.15, -0.1) is 0 Å². The number of carbonyl (C=O) groups is 1. The molecule has 0 aliphatic rings. The quantitative estimate of drug-likeness (QED) is 0.530. The van der Waals surface area contributed by atoms with Crippen molar-refractivity contribution < 1.29 is 9.90 Å². The molecule has 5 nitrogen and oxygen atoms in total. The lowest BCUT2D eigenvalue weighted by Gasteiger charge is -2.20. The van der Waals surface area contributed by atoms with Crippen LogP contribution in [0.15, 0.2) is 71.7 Å². The van der Waals surface area contributed by atoms with E-state index in [1.165, 1.54) is 0 Å². The minimum Gasteiger partial charge on any atom is -0.477 e. The Labute approximate surface area is 174 Å². The summed E-state index contributed by atoms with van der Waals surface area (Å²) in [6.07, 6.45) is 2.03. The van der Waals surface area contributed by atoms with Crippen molar-refractivity contribution in [1.29, 1.82) is 0 Å². The fraction of sp³-hybridized carbons (Fsp3) is 0.160. The van der Waals surface area contributed by atoms with Gasteiger partial charge in [0.25, 0.3) is 0 Å². The highest BCUT2D eigenvalue weighted by Crippen LogP contribution is 2.26. The van der Waals surface area contributed by atoms with Crippen LogP contribution in [-0.2, 0) is 13.0 Å². The van der Waals surface area contributed by atoms with Crippen molar-refractivity contribution in [2.75, 3.05) is 0 Å². The summed E-state index contributed by atoms with van der Waals surface area (Å²) in [7, 11) is 0. The number of hydrogen-bond donors (Lipinski definition) is 1. The first-order valence-electron chi connectivity index (χ1n) is 9.90. The summed E-state index contributed by atoms with van der Waals surface area (Å²) < 4.78 is 1.93. The fourth-order valence-electron chi connectivity index (χ4n) is 3.96. The second kappa shape index (κ2) is 7.95. The highest BCUT2D eigenvalue weighted by atomic mass is 16.4. The van der Waals surface area contributed by atoms with Crippen molar-refractivity contribution in [3.05, 3.63) is 99.5 Å². The molecule has 2 heterocycles. The monoisotopic (exact) mass is 398 g/mol. The standard InChI is InChI=1S/C25H22N2O3/c1-3-20-22(25(29)30)24(28)23-21(13-16(2)14-26-23)27(20)15-18-11-7-8-12-19(18)17-9-5-4-6-10-17/h4-14H,3,15H2,1-2H3,(H,29,30). The molecule has 0 aliphatic carbocycles. The van der Waals surface area contributed by atoms with Crippen LogP contribution >= 0.6 is 0 Å². The van der Waals surface area contributed by atoms with Gasteiger partial charge in [-0.2, -0.15) is 0 Å². The number of aryl methyl sites for hydroxylation is 1. The first kappa shape index (κ1) is 19.6. The number of carboxylic acids is 1. The van der Waals surface area contributed by atoms with Gasteiger partial charge in [0.15, 0.2) is 0 Å². The molecule has 0 radical (unpaired) electrons. The Bertz CT molecular complexity index is 1310. The number of pyridine rings is 2. The van der Waals surface area contributed by atoms with E-state index in [-0.39, 0.29) is 11.1 Å². The molecule has 0 atom stereocenters. The van der Waals surface area contributed by atoms with E-state index >= 15 is 0 Å². The number of benzene rings is 2. The lowest BCUT2D eigenvalue weighted by Crippen LogP contribution is -2.25. The molecule has 4 aromatic rings. The minimum absolute atomic E-state index is 0.187. The molecule has 0 spiro atoms. The van der Waals surface area contributed by atoms with Crippen molar-refractivity contribution in [3.8, 4) is 11.1 Å². The van der Waals surface area contributed by atoms with E-state index in [1.807, 2.05) is 60.9 Å². The van der Waals surface area contributed by atoms with Gasteiger partial charge in [0.2, 0.25) is 5.43 Å². The number of aromatic carboxylic acids is 1. The third-order valence-corrected chi connectivity index (χ3v) is 5.33. The molecule has 150 valence electrons. The van der Waals surface area contributed by atoms with Crippen molar-refractivity contribution in [2.45, 2.75) is 26.8 Å². The van der Waals surface area contributed by atoms with Gasteiger partial charge < -0.3 is 9.67 Å². The van der Waals surface area contributed by atoms with Gasteiger partial charge in [0, 0.05) is 18.4 Å². The number of carboxylic acid groups (broad SMARTS) is 1. The predicted molar refractivity (Wildman–Crippen MR) is 118 cm³/mol. The number of fused-ring (bicyclic) bond motifs is 1. The predicted octanol–water partition coefficient (Wildman–Crippen LogP) is 4.68. The molecule has 0 unspecified atom stereocenters. The second-order valence-corrected chi connectivity index (χ2v) is 7.30. The van der Waals surface area contributed by atoms with E-state index in [0.29, 0.717) is 24.2 Å². The second-order valence-electron chi connectivity index (χ2n) is 7.30. The Hall–Kier alpha value is -3.73. The maximum atomic E-state index is 12.9. The van der Waals surface area contributed by atoms with E-state index in [0.717, 1.165) is 22.3 Å². The zero-order chi connectivity index (χ0) is 21.3. The van der Waals surface area contributed by atoms with E-state index in [1.54, 1.807) is 6.20 Å². The molecule has 0 amide bonds. The number of rotatable bonds is 5. The van der Waals surface area contributed by atoms with Gasteiger partial charge in [-0.1, -0.05) is 61.5 Å². The number of hydrogen-bond acceptors (Lipinski definition) is 3. The van der Waals surface area contributed by atoms with Crippen molar-refractivity contribution in [2.24, 2.45) is 0 Å². The normalized spacial score (nSPS) is 11.0. The lowest BCUT2D eigenvalue weighted by atomic mass is 9.99. The SMILES string of the molecule is CCc1c(C(=O)O)c(=O)c2ncc(C)cc2n1Cc1ccccc1-c1ccccc1. The van der Waals surface area contributed by atoms with Crippen LogP contribution in [0, 0.1) is 6.92 Å². The van der Waals surface area contributed by atoms with E-state index in [9.17, 15) is 14.7 Å². The maximum Gasteiger partial charge on any atom is 0.341 e. The van der Waals surface area contributed by atoms with Crippen molar-refractivity contribution in [1.82, 2.24) is 9.55 Å². The third-order valence-electron chi connectivity index (χ3n) is 5.33. The number of aromatic nitrogens is 2. The Morgan fingerprint density at radius 3 is 2.47 bits per heavy atom. The first-order valence-corrected chi connectivity index (χ1v) is 9.90. The number of nitrogens with zero attached hydrogens (tertiary/aromatic N) is 2. The molecule has 5 heteroatoms. The lowest BCUT2D eigenvalue weighted by molar-refractivity contribution is 0.0693. The summed E-state index contributed by atoms with van der Waals surface area (Å²) in [6.45, 7) is 4.22. The van der Waals surface area contributed by atoms with Crippen molar-refractivity contribution >= 4 is 17.0 Å². The van der Waals surface area contributed by atoms with Gasteiger partial charge in [-0.25, -0.2) is 4.79 Å². The highest BCUT2D eigenvalue weighted by molar-refractivity contribution is 5.93. The van der Waals surface area contributed by atoms with Gasteiger partial charge in [0.05, 0.1) is 5.52 Å². The molecule has 2 aromatic heterocycles. The fourth-order valence-corrected chi connectivity index (χ4v) is 3.96. The zero-order valence-corrected chi connectivity index (χ0v) is 16.9. The summed E-state index contributed by atoms with van der Waals surface area (Å²) in [4.78, 5) is 29.1. The van der Waals surface area contributed by atoms with Crippen LogP contribution in [0.3, 0.4) is 0 Å². The van der Waals surface area contributed by atoms with Gasteiger partial charge in [-0.3, -0.25) is 9.78 Å². The summed E-state index contributed by atoms with van der Waals surface area (Å²) in [5.74, 6) is -1.22. The van der Waals surface area contributed by atoms with E-state index in [4.69, 9.17) is 0 Å². The molecule has 0 saturated carbocycles. The highest BCUT2D eigenvalue weighted by Gasteiger charge is 2.22. The Kier molecular flexibility index (Phi) is 5.19. The molecule has 0 aliphatic heterocycles. The Morgan fingerprint density at radius 1 is 1.07 bits per heavy atom. The van der Waals surface area contributed by atoms with E-state index < -0.39 is 11.4 Å². The first-order chi connectivity index (χ1) is 14.5. The smallest absolute Gasteiger partial charge is 0.341 e. The summed E-state index contributed by atoms with van der Waals surface area (Å²) in [5.41, 5.74) is 4.75. The van der Waals surface area contributed by atoms with Gasteiger partial charge in [-0.05, 0) is 41.7 Å². The zero-order valence-electron chi connectivity index (χ0n) is 16.9.